The van der Waals surface area contributed by atoms with E-state index in [1.54, 1.807) is 0 Å². The van der Waals surface area contributed by atoms with Crippen molar-refractivity contribution in [1.82, 2.24) is 0 Å². The van der Waals surface area contributed by atoms with Crippen LogP contribution in [0, 0.1) is 17.2 Å². The van der Waals surface area contributed by atoms with Crippen LogP contribution in [0.2, 0.25) is 0 Å². The van der Waals surface area contributed by atoms with E-state index < -0.39 is 5.97 Å². The van der Waals surface area contributed by atoms with Crippen LogP contribution in [0.3, 0.4) is 0 Å². The predicted octanol–water partition coefficient (Wildman–Crippen LogP) is 0.637. The second-order valence-corrected chi connectivity index (χ2v) is 3.14. The van der Waals surface area contributed by atoms with Crippen molar-refractivity contribution in [3.8, 4) is 6.07 Å². The molecule has 0 atom stereocenters. The molecule has 3 heterocycles. The number of nitrogens with zero attached hydrogens (tertiary/aromatic N) is 1. The van der Waals surface area contributed by atoms with Crippen LogP contribution in [0.15, 0.2) is 0 Å². The predicted molar refractivity (Wildman–Crippen MR) is 38.9 cm³/mol. The third kappa shape index (κ3) is 1.31. The van der Waals surface area contributed by atoms with Gasteiger partial charge in [-0.1, -0.05) is 0 Å². The molecular weight excluding hydrogens is 158 g/mol. The Morgan fingerprint density at radius 2 is 1.83 bits per heavy atom. The van der Waals surface area contributed by atoms with E-state index in [9.17, 15) is 0 Å². The second-order valence-electron chi connectivity index (χ2n) is 3.14. The van der Waals surface area contributed by atoms with Gasteiger partial charge in [-0.25, -0.2) is 0 Å². The molecule has 0 radical (unpaired) electrons. The molecule has 0 spiro atoms. The Hall–Kier alpha value is -0.630. The van der Waals surface area contributed by atoms with Crippen molar-refractivity contribution >= 4 is 0 Å². The summed E-state index contributed by atoms with van der Waals surface area (Å²) in [5.41, 5.74) is 0. The molecule has 0 aromatic rings. The lowest BCUT2D eigenvalue weighted by Gasteiger charge is -2.44. The zero-order chi connectivity index (χ0) is 8.44. The monoisotopic (exact) mass is 169 g/mol. The Morgan fingerprint density at radius 3 is 2.33 bits per heavy atom. The normalized spacial score (nSPS) is 39.4. The van der Waals surface area contributed by atoms with E-state index in [4.69, 9.17) is 19.5 Å². The fraction of sp³-hybridized carbons (Fsp3) is 0.875. The first-order chi connectivity index (χ1) is 5.85. The second kappa shape index (κ2) is 3.02. The summed E-state index contributed by atoms with van der Waals surface area (Å²) < 4.78 is 16.1. The van der Waals surface area contributed by atoms with Gasteiger partial charge in [0.25, 0.3) is 5.97 Å². The molecule has 12 heavy (non-hydrogen) atoms. The van der Waals surface area contributed by atoms with E-state index >= 15 is 0 Å². The molecule has 0 aromatic carbocycles. The van der Waals surface area contributed by atoms with Crippen LogP contribution >= 0.6 is 0 Å². The van der Waals surface area contributed by atoms with Crippen LogP contribution in [0.4, 0.5) is 0 Å². The fourth-order valence-electron chi connectivity index (χ4n) is 1.43. The van der Waals surface area contributed by atoms with Gasteiger partial charge in [0.1, 0.15) is 0 Å². The minimum absolute atomic E-state index is 0.383. The average molecular weight is 169 g/mol. The minimum Gasteiger partial charge on any atom is -0.327 e. The zero-order valence-electron chi connectivity index (χ0n) is 6.78. The van der Waals surface area contributed by atoms with Gasteiger partial charge in [-0.15, -0.1) is 0 Å². The summed E-state index contributed by atoms with van der Waals surface area (Å²) >= 11 is 0. The van der Waals surface area contributed by atoms with Gasteiger partial charge in [-0.3, -0.25) is 0 Å². The van der Waals surface area contributed by atoms with Crippen molar-refractivity contribution in [1.29, 1.82) is 5.26 Å². The standard InChI is InChI=1S/C8H11NO3/c9-3-1-2-8-10-4-7(5-11-8)6-12-8/h7H,1-2,4-6H2. The molecule has 2 bridgehead atoms. The molecule has 0 saturated carbocycles. The lowest BCUT2D eigenvalue weighted by Crippen LogP contribution is -2.53. The van der Waals surface area contributed by atoms with Gasteiger partial charge < -0.3 is 14.2 Å². The van der Waals surface area contributed by atoms with Gasteiger partial charge in [-0.2, -0.15) is 5.26 Å². The number of ether oxygens (including phenoxy) is 3. The van der Waals surface area contributed by atoms with Crippen LogP contribution in [-0.4, -0.2) is 25.8 Å². The molecule has 0 N–H and O–H groups in total. The summed E-state index contributed by atoms with van der Waals surface area (Å²) in [5.74, 6) is -0.501. The molecular formula is C8H11NO3. The van der Waals surface area contributed by atoms with E-state index in [0.717, 1.165) is 0 Å². The van der Waals surface area contributed by atoms with Crippen LogP contribution in [0.5, 0.6) is 0 Å². The maximum Gasteiger partial charge on any atom is 0.283 e. The maximum absolute atomic E-state index is 8.40. The molecule has 66 valence electrons. The molecule has 3 saturated heterocycles. The number of rotatable bonds is 2. The summed E-state index contributed by atoms with van der Waals surface area (Å²) in [6.07, 6.45) is 0.918. The number of nitriles is 1. The number of fused-ring (bicyclic) bond motifs is 3. The number of hydrogen-bond donors (Lipinski definition) is 0. The van der Waals surface area contributed by atoms with Crippen molar-refractivity contribution in [3.05, 3.63) is 0 Å². The van der Waals surface area contributed by atoms with E-state index in [1.165, 1.54) is 0 Å². The van der Waals surface area contributed by atoms with Gasteiger partial charge in [0.05, 0.1) is 25.9 Å². The summed E-state index contributed by atoms with van der Waals surface area (Å²) in [7, 11) is 0. The third-order valence-corrected chi connectivity index (χ3v) is 2.16. The molecule has 0 aliphatic carbocycles. The van der Waals surface area contributed by atoms with E-state index in [1.807, 2.05) is 0 Å². The fourth-order valence-corrected chi connectivity index (χ4v) is 1.43. The third-order valence-electron chi connectivity index (χ3n) is 2.16. The number of hydrogen-bond acceptors (Lipinski definition) is 4. The van der Waals surface area contributed by atoms with E-state index in [2.05, 4.69) is 6.07 Å². The highest BCUT2D eigenvalue weighted by atomic mass is 16.9. The van der Waals surface area contributed by atoms with Crippen molar-refractivity contribution in [2.24, 2.45) is 5.92 Å². The molecule has 4 heteroatoms. The first kappa shape index (κ1) is 7.99. The Balaban J connectivity index is 1.95. The van der Waals surface area contributed by atoms with Crippen LogP contribution < -0.4 is 0 Å². The van der Waals surface area contributed by atoms with Gasteiger partial charge in [-0.05, 0) is 0 Å². The van der Waals surface area contributed by atoms with Crippen molar-refractivity contribution in [2.75, 3.05) is 19.8 Å². The van der Waals surface area contributed by atoms with Gasteiger partial charge in [0, 0.05) is 18.8 Å². The van der Waals surface area contributed by atoms with E-state index in [0.29, 0.717) is 38.6 Å². The molecule has 0 aromatic heterocycles. The molecule has 3 aliphatic heterocycles. The zero-order valence-corrected chi connectivity index (χ0v) is 6.78. The van der Waals surface area contributed by atoms with Crippen LogP contribution in [-0.2, 0) is 14.2 Å². The Labute approximate surface area is 71.0 Å². The topological polar surface area (TPSA) is 51.5 Å². The van der Waals surface area contributed by atoms with Crippen LogP contribution in [0.25, 0.3) is 0 Å². The van der Waals surface area contributed by atoms with Crippen molar-refractivity contribution in [2.45, 2.75) is 18.8 Å². The molecule has 0 unspecified atom stereocenters. The first-order valence-electron chi connectivity index (χ1n) is 4.13. The van der Waals surface area contributed by atoms with Crippen molar-refractivity contribution < 1.29 is 14.2 Å². The SMILES string of the molecule is N#CCCC12OCC(CO1)CO2. The molecule has 3 aliphatic rings. The van der Waals surface area contributed by atoms with Gasteiger partial charge >= 0.3 is 0 Å². The Bertz CT molecular complexity index is 189. The largest absolute Gasteiger partial charge is 0.327 e. The molecule has 3 fully saturated rings. The Kier molecular flexibility index (Phi) is 2.01. The maximum atomic E-state index is 8.40. The average Bonchev–Trinajstić information content (AvgIpc) is 2.18. The van der Waals surface area contributed by atoms with Crippen molar-refractivity contribution in [3.63, 3.8) is 0 Å². The summed E-state index contributed by atoms with van der Waals surface area (Å²) in [6.45, 7) is 2.10. The summed E-state index contributed by atoms with van der Waals surface area (Å²) in [4.78, 5) is 0. The highest BCUT2D eigenvalue weighted by Crippen LogP contribution is 2.33. The lowest BCUT2D eigenvalue weighted by molar-refractivity contribution is -0.449. The smallest absolute Gasteiger partial charge is 0.283 e. The first-order valence-corrected chi connectivity index (χ1v) is 4.13. The lowest BCUT2D eigenvalue weighted by atomic mass is 10.1. The summed E-state index contributed by atoms with van der Waals surface area (Å²) in [5, 5.41) is 8.40. The molecule has 3 rings (SSSR count). The Morgan fingerprint density at radius 1 is 1.25 bits per heavy atom. The summed E-state index contributed by atoms with van der Waals surface area (Å²) in [6, 6.07) is 2.05. The van der Waals surface area contributed by atoms with Crippen LogP contribution in [0.1, 0.15) is 12.8 Å². The highest BCUT2D eigenvalue weighted by Gasteiger charge is 2.44. The molecule has 4 nitrogen and oxygen atoms in total. The highest BCUT2D eigenvalue weighted by molar-refractivity contribution is 4.79. The van der Waals surface area contributed by atoms with Gasteiger partial charge in [0.15, 0.2) is 0 Å². The minimum atomic E-state index is -0.884. The van der Waals surface area contributed by atoms with E-state index in [-0.39, 0.29) is 0 Å². The van der Waals surface area contributed by atoms with Gasteiger partial charge in [0.2, 0.25) is 0 Å². The quantitative estimate of drug-likeness (QED) is 0.608. The molecule has 0 amide bonds.